The Balaban J connectivity index is 1.09. The van der Waals surface area contributed by atoms with Gasteiger partial charge in [-0.2, -0.15) is 0 Å². The summed E-state index contributed by atoms with van der Waals surface area (Å²) in [6.07, 6.45) is 6.09. The number of anilines is 1. The van der Waals surface area contributed by atoms with Gasteiger partial charge in [-0.1, -0.05) is 42.5 Å². The molecule has 2 aromatic heterocycles. The third-order valence-corrected chi connectivity index (χ3v) is 7.62. The molecule has 6 heteroatoms. The van der Waals surface area contributed by atoms with Crippen molar-refractivity contribution >= 4 is 28.3 Å². The van der Waals surface area contributed by atoms with E-state index in [0.717, 1.165) is 80.8 Å². The minimum absolute atomic E-state index is 0.00869. The summed E-state index contributed by atoms with van der Waals surface area (Å²) in [7, 11) is 0. The van der Waals surface area contributed by atoms with Crippen molar-refractivity contribution in [2.75, 3.05) is 31.1 Å². The Kier molecular flexibility index (Phi) is 6.13. The van der Waals surface area contributed by atoms with Gasteiger partial charge in [0.05, 0.1) is 22.5 Å². The van der Waals surface area contributed by atoms with Crippen molar-refractivity contribution in [3.05, 3.63) is 78.5 Å². The maximum Gasteiger partial charge on any atom is 0.225 e. The molecule has 0 saturated carbocycles. The molecule has 0 aliphatic carbocycles. The number of amides is 1. The normalized spacial score (nSPS) is 19.9. The number of likely N-dealkylation sites (tertiary alicyclic amines) is 1. The van der Waals surface area contributed by atoms with Crippen LogP contribution < -0.4 is 10.2 Å². The molecule has 0 spiro atoms. The number of hydrogen-bond acceptors (Lipinski definition) is 4. The first-order valence-corrected chi connectivity index (χ1v) is 12.9. The Morgan fingerprint density at radius 1 is 0.886 bits per heavy atom. The quantitative estimate of drug-likeness (QED) is 0.470. The van der Waals surface area contributed by atoms with Gasteiger partial charge in [-0.05, 0) is 55.5 Å². The lowest BCUT2D eigenvalue weighted by Gasteiger charge is -2.36. The van der Waals surface area contributed by atoms with E-state index in [1.165, 1.54) is 5.56 Å². The lowest BCUT2D eigenvalue weighted by molar-refractivity contribution is -0.126. The number of aromatic nitrogens is 2. The monoisotopic (exact) mass is 467 g/mol. The zero-order chi connectivity index (χ0) is 23.6. The van der Waals surface area contributed by atoms with Gasteiger partial charge in [-0.3, -0.25) is 9.69 Å². The number of hydrogen-bond donors (Lipinski definition) is 1. The van der Waals surface area contributed by atoms with Crippen molar-refractivity contribution in [3.63, 3.8) is 0 Å². The maximum absolute atomic E-state index is 13.3. The Morgan fingerprint density at radius 3 is 2.51 bits per heavy atom. The molecular weight excluding hydrogens is 434 g/mol. The van der Waals surface area contributed by atoms with Gasteiger partial charge in [0.15, 0.2) is 5.82 Å². The lowest BCUT2D eigenvalue weighted by Crippen LogP contribution is -2.49. The predicted octanol–water partition coefficient (Wildman–Crippen LogP) is 4.48. The zero-order valence-electron chi connectivity index (χ0n) is 20.1. The number of carbonyl (C=O) groups is 1. The minimum atomic E-state index is 0.00869. The van der Waals surface area contributed by atoms with Crippen molar-refractivity contribution in [1.29, 1.82) is 0 Å². The number of nitrogens with zero attached hydrogens (tertiary/aromatic N) is 4. The summed E-state index contributed by atoms with van der Waals surface area (Å²) in [5.74, 6) is 1.21. The van der Waals surface area contributed by atoms with Gasteiger partial charge in [-0.25, -0.2) is 4.98 Å². The number of nitrogens with one attached hydrogen (secondary N) is 1. The number of para-hydroxylation sites is 2. The average molecular weight is 468 g/mol. The number of fused-ring (bicyclic) bond motifs is 3. The highest BCUT2D eigenvalue weighted by Gasteiger charge is 2.30. The fourth-order valence-electron chi connectivity index (χ4n) is 5.72. The van der Waals surface area contributed by atoms with E-state index in [-0.39, 0.29) is 17.9 Å². The van der Waals surface area contributed by atoms with Gasteiger partial charge in [0, 0.05) is 45.0 Å². The molecule has 6 rings (SSSR count). The molecule has 1 atom stereocenters. The molecule has 1 unspecified atom stereocenters. The largest absolute Gasteiger partial charge is 0.354 e. The molecule has 0 bridgehead atoms. The standard InChI is InChI=1S/C29H33N5O/c35-29(30-24-14-18-32(19-15-24)20-22-8-2-1-3-9-22)23-10-6-16-33(21-23)28-27-13-7-17-34(27)26-12-5-4-11-25(26)31-28/h1-5,7-9,11-13,17,23-24H,6,10,14-16,18-21H2,(H,30,35). The van der Waals surface area contributed by atoms with Gasteiger partial charge in [0.1, 0.15) is 0 Å². The lowest BCUT2D eigenvalue weighted by atomic mass is 9.95. The highest BCUT2D eigenvalue weighted by Crippen LogP contribution is 2.29. The Labute approximate surface area is 206 Å². The van der Waals surface area contributed by atoms with Crippen molar-refractivity contribution in [2.24, 2.45) is 5.92 Å². The molecule has 2 aromatic carbocycles. The summed E-state index contributed by atoms with van der Waals surface area (Å²) >= 11 is 0. The van der Waals surface area contributed by atoms with Crippen LogP contribution in [-0.2, 0) is 11.3 Å². The molecule has 6 nitrogen and oxygen atoms in total. The Bertz CT molecular complexity index is 1310. The number of benzene rings is 2. The van der Waals surface area contributed by atoms with Crippen LogP contribution in [0.3, 0.4) is 0 Å². The van der Waals surface area contributed by atoms with E-state index in [1.807, 2.05) is 6.07 Å². The number of rotatable bonds is 5. The van der Waals surface area contributed by atoms with E-state index >= 15 is 0 Å². The maximum atomic E-state index is 13.3. The second-order valence-corrected chi connectivity index (χ2v) is 10.0. The Morgan fingerprint density at radius 2 is 1.66 bits per heavy atom. The van der Waals surface area contributed by atoms with E-state index in [2.05, 4.69) is 86.4 Å². The third-order valence-electron chi connectivity index (χ3n) is 7.62. The fourth-order valence-corrected chi connectivity index (χ4v) is 5.72. The van der Waals surface area contributed by atoms with Crippen LogP contribution in [0.1, 0.15) is 31.2 Å². The van der Waals surface area contributed by atoms with Crippen LogP contribution in [0.4, 0.5) is 5.82 Å². The van der Waals surface area contributed by atoms with Crippen molar-refractivity contribution in [1.82, 2.24) is 19.6 Å². The van der Waals surface area contributed by atoms with Crippen LogP contribution in [0.25, 0.3) is 16.6 Å². The smallest absolute Gasteiger partial charge is 0.225 e. The summed E-state index contributed by atoms with van der Waals surface area (Å²) in [5, 5.41) is 3.39. The molecule has 0 radical (unpaired) electrons. The Hall–Kier alpha value is -3.38. The van der Waals surface area contributed by atoms with Crippen molar-refractivity contribution < 1.29 is 4.79 Å². The first-order chi connectivity index (χ1) is 17.2. The van der Waals surface area contributed by atoms with Crippen LogP contribution in [0.15, 0.2) is 72.9 Å². The SMILES string of the molecule is O=C(NC1CCN(Cc2ccccc2)CC1)C1CCCN(c2nc3ccccc3n3cccc23)C1. The van der Waals surface area contributed by atoms with Crippen LogP contribution in [0, 0.1) is 5.92 Å². The topological polar surface area (TPSA) is 52.9 Å². The molecule has 2 saturated heterocycles. The molecular formula is C29H33N5O. The summed E-state index contributed by atoms with van der Waals surface area (Å²) < 4.78 is 2.21. The van der Waals surface area contributed by atoms with Gasteiger partial charge in [0.2, 0.25) is 5.91 Å². The summed E-state index contributed by atoms with van der Waals surface area (Å²) in [5.41, 5.74) is 4.56. The van der Waals surface area contributed by atoms with Crippen LogP contribution in [0.2, 0.25) is 0 Å². The first kappa shape index (κ1) is 22.1. The molecule has 4 aromatic rings. The van der Waals surface area contributed by atoms with Crippen molar-refractivity contribution in [3.8, 4) is 0 Å². The minimum Gasteiger partial charge on any atom is -0.354 e. The third kappa shape index (κ3) is 4.63. The molecule has 2 fully saturated rings. The van der Waals surface area contributed by atoms with E-state index in [1.54, 1.807) is 0 Å². The van der Waals surface area contributed by atoms with Gasteiger partial charge < -0.3 is 14.6 Å². The van der Waals surface area contributed by atoms with E-state index in [9.17, 15) is 4.79 Å². The summed E-state index contributed by atoms with van der Waals surface area (Å²) in [6.45, 7) is 4.72. The summed E-state index contributed by atoms with van der Waals surface area (Å²) in [4.78, 5) is 23.1. The van der Waals surface area contributed by atoms with E-state index in [0.29, 0.717) is 0 Å². The highest BCUT2D eigenvalue weighted by molar-refractivity contribution is 5.86. The molecule has 1 amide bonds. The van der Waals surface area contributed by atoms with Crippen molar-refractivity contribution in [2.45, 2.75) is 38.3 Å². The second-order valence-electron chi connectivity index (χ2n) is 10.0. The molecule has 2 aliphatic rings. The molecule has 2 aliphatic heterocycles. The predicted molar refractivity (Wildman–Crippen MR) is 141 cm³/mol. The molecule has 1 N–H and O–H groups in total. The van der Waals surface area contributed by atoms with Crippen LogP contribution in [-0.4, -0.2) is 52.4 Å². The molecule has 35 heavy (non-hydrogen) atoms. The van der Waals surface area contributed by atoms with Gasteiger partial charge in [0.25, 0.3) is 0 Å². The average Bonchev–Trinajstić information content (AvgIpc) is 3.40. The number of piperidine rings is 2. The molecule has 4 heterocycles. The van der Waals surface area contributed by atoms with E-state index in [4.69, 9.17) is 4.98 Å². The van der Waals surface area contributed by atoms with Gasteiger partial charge in [-0.15, -0.1) is 0 Å². The van der Waals surface area contributed by atoms with Crippen LogP contribution >= 0.6 is 0 Å². The van der Waals surface area contributed by atoms with E-state index < -0.39 is 0 Å². The fraction of sp³-hybridized carbons (Fsp3) is 0.379. The second kappa shape index (κ2) is 9.70. The summed E-state index contributed by atoms with van der Waals surface area (Å²) in [6, 6.07) is 23.4. The molecule has 180 valence electrons. The van der Waals surface area contributed by atoms with Gasteiger partial charge >= 0.3 is 0 Å². The first-order valence-electron chi connectivity index (χ1n) is 12.9. The highest BCUT2D eigenvalue weighted by atomic mass is 16.2. The number of carbonyl (C=O) groups excluding carboxylic acids is 1. The zero-order valence-corrected chi connectivity index (χ0v) is 20.1. The van der Waals surface area contributed by atoms with Crippen LogP contribution in [0.5, 0.6) is 0 Å².